The smallest absolute Gasteiger partial charge is 0.358 e. The third-order valence-electron chi connectivity index (χ3n) is 1.64. The van der Waals surface area contributed by atoms with Crippen molar-refractivity contribution in [1.29, 1.82) is 0 Å². The molecule has 0 atom stereocenters. The van der Waals surface area contributed by atoms with Crippen molar-refractivity contribution >= 4 is 5.97 Å². The second kappa shape index (κ2) is 5.24. The molecule has 0 fully saturated rings. The number of hydrogen-bond acceptors (Lipinski definition) is 4. The summed E-state index contributed by atoms with van der Waals surface area (Å²) in [7, 11) is 2.78. The van der Waals surface area contributed by atoms with Crippen molar-refractivity contribution in [2.75, 3.05) is 14.2 Å². The Kier molecular flexibility index (Phi) is 4.66. The number of likely N-dealkylation sites (N-methyl/N-ethyl adjacent to an activating group) is 1. The lowest BCUT2D eigenvalue weighted by molar-refractivity contribution is -0.136. The van der Waals surface area contributed by atoms with E-state index in [1.807, 2.05) is 6.92 Å². The number of carbonyl (C=O) groups excluding carboxylic acids is 1. The average molecular weight is 185 g/mol. The van der Waals surface area contributed by atoms with E-state index in [1.54, 1.807) is 0 Å². The maximum atomic E-state index is 11.1. The number of rotatable bonds is 4. The molecule has 0 spiro atoms. The summed E-state index contributed by atoms with van der Waals surface area (Å²) in [5.74, 6) is -0.744. The first-order valence-corrected chi connectivity index (χ1v) is 3.95. The van der Waals surface area contributed by atoms with Crippen LogP contribution in [0.5, 0.6) is 0 Å². The third kappa shape index (κ3) is 2.82. The average Bonchev–Trinajstić information content (AvgIpc) is 2.17. The molecule has 0 radical (unpaired) electrons. The summed E-state index contributed by atoms with van der Waals surface area (Å²) in [5.41, 5.74) is 0.532. The summed E-state index contributed by atoms with van der Waals surface area (Å²) in [4.78, 5) is 11.1. The van der Waals surface area contributed by atoms with Crippen LogP contribution in [0.15, 0.2) is 23.6 Å². The van der Waals surface area contributed by atoms with Gasteiger partial charge in [0, 0.05) is 7.05 Å². The zero-order valence-corrected chi connectivity index (χ0v) is 8.18. The van der Waals surface area contributed by atoms with Gasteiger partial charge in [-0.25, -0.2) is 4.79 Å². The lowest BCUT2D eigenvalue weighted by atomic mass is 10.1. The Balaban J connectivity index is 4.89. The van der Waals surface area contributed by atoms with E-state index in [0.717, 1.165) is 0 Å². The van der Waals surface area contributed by atoms with E-state index in [0.29, 0.717) is 12.0 Å². The van der Waals surface area contributed by atoms with Gasteiger partial charge in [-0.2, -0.15) is 0 Å². The molecular weight excluding hydrogens is 170 g/mol. The number of aliphatic hydroxyl groups excluding tert-OH is 1. The molecule has 0 aliphatic heterocycles. The Hall–Kier alpha value is -1.45. The standard InChI is InChI=1S/C9H15NO3/c1-5-6(2)8(11)7(10-3)9(12)13-4/h10-11H,2,5H2,1,3-4H3/b8-7+. The normalized spacial score (nSPS) is 11.6. The van der Waals surface area contributed by atoms with Gasteiger partial charge in [0.2, 0.25) is 0 Å². The number of carbonyl (C=O) groups is 1. The quantitative estimate of drug-likeness (QED) is 0.298. The molecule has 0 heterocycles. The van der Waals surface area contributed by atoms with Crippen molar-refractivity contribution < 1.29 is 14.6 Å². The highest BCUT2D eigenvalue weighted by molar-refractivity contribution is 5.88. The second-order valence-electron chi connectivity index (χ2n) is 2.42. The van der Waals surface area contributed by atoms with Gasteiger partial charge in [0.15, 0.2) is 5.70 Å². The van der Waals surface area contributed by atoms with Gasteiger partial charge in [0.25, 0.3) is 0 Å². The lowest BCUT2D eigenvalue weighted by Crippen LogP contribution is -2.20. The molecule has 0 aromatic carbocycles. The minimum atomic E-state index is -0.602. The summed E-state index contributed by atoms with van der Waals surface area (Å²) in [6, 6.07) is 0. The molecule has 0 aromatic heterocycles. The van der Waals surface area contributed by atoms with E-state index in [4.69, 9.17) is 0 Å². The fraction of sp³-hybridized carbons (Fsp3) is 0.444. The van der Waals surface area contributed by atoms with Gasteiger partial charge < -0.3 is 15.2 Å². The Labute approximate surface area is 77.9 Å². The van der Waals surface area contributed by atoms with Crippen molar-refractivity contribution in [2.45, 2.75) is 13.3 Å². The molecule has 74 valence electrons. The molecule has 4 nitrogen and oxygen atoms in total. The minimum Gasteiger partial charge on any atom is -0.505 e. The fourth-order valence-electron chi connectivity index (χ4n) is 0.763. The fourth-order valence-corrected chi connectivity index (χ4v) is 0.763. The van der Waals surface area contributed by atoms with E-state index >= 15 is 0 Å². The zero-order chi connectivity index (χ0) is 10.4. The Morgan fingerprint density at radius 1 is 1.62 bits per heavy atom. The highest BCUT2D eigenvalue weighted by Crippen LogP contribution is 2.12. The molecule has 0 amide bonds. The summed E-state index contributed by atoms with van der Waals surface area (Å²) >= 11 is 0. The molecule has 2 N–H and O–H groups in total. The van der Waals surface area contributed by atoms with Gasteiger partial charge in [-0.1, -0.05) is 13.5 Å². The largest absolute Gasteiger partial charge is 0.505 e. The monoisotopic (exact) mass is 185 g/mol. The van der Waals surface area contributed by atoms with Gasteiger partial charge in [0.1, 0.15) is 5.76 Å². The SMILES string of the molecule is C=C(CC)/C(O)=C(\NC)C(=O)OC. The first kappa shape index (κ1) is 11.6. The molecule has 0 unspecified atom stereocenters. The summed E-state index contributed by atoms with van der Waals surface area (Å²) < 4.78 is 4.46. The van der Waals surface area contributed by atoms with Crippen LogP contribution in [0.3, 0.4) is 0 Å². The summed E-state index contributed by atoms with van der Waals surface area (Å²) in [6.07, 6.45) is 0.577. The molecule has 4 heteroatoms. The van der Waals surface area contributed by atoms with Crippen molar-refractivity contribution in [3.63, 3.8) is 0 Å². The van der Waals surface area contributed by atoms with E-state index in [-0.39, 0.29) is 11.5 Å². The molecule has 0 saturated heterocycles. The Morgan fingerprint density at radius 2 is 2.15 bits per heavy atom. The van der Waals surface area contributed by atoms with Gasteiger partial charge in [-0.15, -0.1) is 0 Å². The number of hydrogen-bond donors (Lipinski definition) is 2. The lowest BCUT2D eigenvalue weighted by Gasteiger charge is -2.08. The highest BCUT2D eigenvalue weighted by Gasteiger charge is 2.14. The molecule has 0 aliphatic rings. The van der Waals surface area contributed by atoms with Crippen LogP contribution in [0.1, 0.15) is 13.3 Å². The van der Waals surface area contributed by atoms with E-state index < -0.39 is 5.97 Å². The van der Waals surface area contributed by atoms with Crippen LogP contribution >= 0.6 is 0 Å². The van der Waals surface area contributed by atoms with Crippen molar-refractivity contribution in [3.8, 4) is 0 Å². The molecular formula is C9H15NO3. The Morgan fingerprint density at radius 3 is 2.46 bits per heavy atom. The highest BCUT2D eigenvalue weighted by atomic mass is 16.5. The van der Waals surface area contributed by atoms with Gasteiger partial charge in [-0.05, 0) is 12.0 Å². The number of esters is 1. The summed E-state index contributed by atoms with van der Waals surface area (Å²) in [5, 5.41) is 12.1. The molecule has 0 rings (SSSR count). The number of ether oxygens (including phenoxy) is 1. The summed E-state index contributed by atoms with van der Waals surface area (Å²) in [6.45, 7) is 5.44. The topological polar surface area (TPSA) is 58.6 Å². The van der Waals surface area contributed by atoms with E-state index in [9.17, 15) is 9.90 Å². The van der Waals surface area contributed by atoms with Crippen LogP contribution in [0.4, 0.5) is 0 Å². The number of methoxy groups -OCH3 is 1. The molecule has 0 aromatic rings. The van der Waals surface area contributed by atoms with Gasteiger partial charge in [-0.3, -0.25) is 0 Å². The Bertz CT molecular complexity index is 243. The number of allylic oxidation sites excluding steroid dienone is 1. The van der Waals surface area contributed by atoms with Crippen molar-refractivity contribution in [1.82, 2.24) is 5.32 Å². The van der Waals surface area contributed by atoms with Gasteiger partial charge in [0.05, 0.1) is 7.11 Å². The zero-order valence-electron chi connectivity index (χ0n) is 8.18. The van der Waals surface area contributed by atoms with Crippen molar-refractivity contribution in [2.24, 2.45) is 0 Å². The van der Waals surface area contributed by atoms with Crippen LogP contribution in [0.2, 0.25) is 0 Å². The molecule has 13 heavy (non-hydrogen) atoms. The number of aliphatic hydroxyl groups is 1. The van der Waals surface area contributed by atoms with Crippen LogP contribution in [-0.4, -0.2) is 25.2 Å². The minimum absolute atomic E-state index is 0.0364. The maximum absolute atomic E-state index is 11.1. The maximum Gasteiger partial charge on any atom is 0.358 e. The van der Waals surface area contributed by atoms with Crippen molar-refractivity contribution in [3.05, 3.63) is 23.6 Å². The molecule has 0 aliphatic carbocycles. The van der Waals surface area contributed by atoms with Gasteiger partial charge >= 0.3 is 5.97 Å². The first-order valence-electron chi connectivity index (χ1n) is 3.95. The molecule has 0 saturated carbocycles. The first-order chi connectivity index (χ1) is 6.08. The van der Waals surface area contributed by atoms with Crippen LogP contribution in [-0.2, 0) is 9.53 Å². The molecule has 0 bridgehead atoms. The predicted octanol–water partition coefficient (Wildman–Crippen LogP) is 1.11. The number of nitrogens with one attached hydrogen (secondary N) is 1. The van der Waals surface area contributed by atoms with Crippen LogP contribution < -0.4 is 5.32 Å². The van der Waals surface area contributed by atoms with Crippen LogP contribution in [0, 0.1) is 0 Å². The predicted molar refractivity (Wildman–Crippen MR) is 50.2 cm³/mol. The van der Waals surface area contributed by atoms with E-state index in [2.05, 4.69) is 16.6 Å². The van der Waals surface area contributed by atoms with Crippen LogP contribution in [0.25, 0.3) is 0 Å². The third-order valence-corrected chi connectivity index (χ3v) is 1.64. The second-order valence-corrected chi connectivity index (χ2v) is 2.42. The van der Waals surface area contributed by atoms with E-state index in [1.165, 1.54) is 14.2 Å².